The van der Waals surface area contributed by atoms with Gasteiger partial charge in [0.2, 0.25) is 5.91 Å². The zero-order valence-corrected chi connectivity index (χ0v) is 14.1. The molecule has 0 bridgehead atoms. The number of nitrogens with zero attached hydrogens (tertiary/aromatic N) is 2. The van der Waals surface area contributed by atoms with Gasteiger partial charge in [-0.25, -0.2) is 0 Å². The van der Waals surface area contributed by atoms with Crippen molar-refractivity contribution in [3.05, 3.63) is 20.8 Å². The van der Waals surface area contributed by atoms with Crippen molar-refractivity contribution in [2.75, 3.05) is 40.9 Å². The van der Waals surface area contributed by atoms with Gasteiger partial charge in [-0.05, 0) is 35.5 Å². The second-order valence-corrected chi connectivity index (χ2v) is 6.48. The third-order valence-electron chi connectivity index (χ3n) is 2.73. The predicted octanol–water partition coefficient (Wildman–Crippen LogP) is 2.44. The van der Waals surface area contributed by atoms with Gasteiger partial charge in [-0.2, -0.15) is 0 Å². The second kappa shape index (κ2) is 8.68. The van der Waals surface area contributed by atoms with E-state index in [1.807, 2.05) is 24.4 Å². The molecule has 0 saturated carbocycles. The van der Waals surface area contributed by atoms with Gasteiger partial charge in [0, 0.05) is 42.0 Å². The molecule has 0 aromatic carbocycles. The Morgan fingerprint density at radius 3 is 2.79 bits per heavy atom. The summed E-state index contributed by atoms with van der Waals surface area (Å²) in [5, 5.41) is 2.03. The fourth-order valence-electron chi connectivity index (χ4n) is 1.67. The molecule has 0 atom stereocenters. The fourth-order valence-corrected chi connectivity index (χ4v) is 3.17. The van der Waals surface area contributed by atoms with Crippen LogP contribution in [0.1, 0.15) is 11.3 Å². The highest BCUT2D eigenvalue weighted by Crippen LogP contribution is 2.20. The summed E-state index contributed by atoms with van der Waals surface area (Å²) in [4.78, 5) is 17.0. The molecule has 1 amide bonds. The summed E-state index contributed by atoms with van der Waals surface area (Å²) in [6.45, 7) is 2.73. The average molecular weight is 349 g/mol. The van der Waals surface area contributed by atoms with Gasteiger partial charge < -0.3 is 9.64 Å². The van der Waals surface area contributed by atoms with Gasteiger partial charge in [0.15, 0.2) is 0 Å². The number of carbonyl (C=O) groups excluding carboxylic acids is 1. The summed E-state index contributed by atoms with van der Waals surface area (Å²) >= 11 is 5.08. The normalized spacial score (nSPS) is 11.0. The predicted molar refractivity (Wildman–Crippen MR) is 82.5 cm³/mol. The van der Waals surface area contributed by atoms with E-state index in [1.54, 1.807) is 23.3 Å². The lowest BCUT2D eigenvalue weighted by Gasteiger charge is -2.21. The molecule has 1 heterocycles. The number of halogens is 1. The fraction of sp³-hybridized carbons (Fsp3) is 0.615. The topological polar surface area (TPSA) is 32.8 Å². The Labute approximate surface area is 127 Å². The Balaban J connectivity index is 2.31. The highest BCUT2D eigenvalue weighted by Gasteiger charge is 2.12. The molecule has 0 fully saturated rings. The minimum absolute atomic E-state index is 0.143. The van der Waals surface area contributed by atoms with Crippen molar-refractivity contribution in [3.8, 4) is 0 Å². The molecule has 0 radical (unpaired) electrons. The smallest absolute Gasteiger partial charge is 0.236 e. The summed E-state index contributed by atoms with van der Waals surface area (Å²) < 4.78 is 6.08. The molecule has 6 heteroatoms. The Hall–Kier alpha value is -0.430. The van der Waals surface area contributed by atoms with Crippen molar-refractivity contribution in [2.45, 2.75) is 13.0 Å². The molecular formula is C13H21BrN2O2S. The molecule has 1 rings (SSSR count). The van der Waals surface area contributed by atoms with Crippen molar-refractivity contribution in [3.63, 3.8) is 0 Å². The van der Waals surface area contributed by atoms with E-state index >= 15 is 0 Å². The highest BCUT2D eigenvalue weighted by atomic mass is 79.9. The van der Waals surface area contributed by atoms with E-state index in [-0.39, 0.29) is 5.91 Å². The average Bonchev–Trinajstić information content (AvgIpc) is 2.75. The zero-order chi connectivity index (χ0) is 14.3. The lowest BCUT2D eigenvalue weighted by atomic mass is 10.3. The molecule has 0 aliphatic carbocycles. The van der Waals surface area contributed by atoms with Crippen LogP contribution < -0.4 is 0 Å². The van der Waals surface area contributed by atoms with E-state index in [4.69, 9.17) is 4.74 Å². The summed E-state index contributed by atoms with van der Waals surface area (Å²) in [6.07, 6.45) is 0.946. The minimum atomic E-state index is 0.143. The number of carbonyl (C=O) groups is 1. The number of thiophene rings is 1. The van der Waals surface area contributed by atoms with Crippen LogP contribution in [0.25, 0.3) is 0 Å². The first kappa shape index (κ1) is 16.6. The van der Waals surface area contributed by atoms with Crippen LogP contribution in [-0.4, -0.2) is 56.6 Å². The lowest BCUT2D eigenvalue weighted by Crippen LogP contribution is -2.36. The third kappa shape index (κ3) is 6.51. The lowest BCUT2D eigenvalue weighted by molar-refractivity contribution is -0.131. The number of hydrogen-bond acceptors (Lipinski definition) is 4. The molecule has 1 aromatic rings. The van der Waals surface area contributed by atoms with Crippen LogP contribution in [-0.2, 0) is 16.1 Å². The Morgan fingerprint density at radius 1 is 1.47 bits per heavy atom. The van der Waals surface area contributed by atoms with Gasteiger partial charge in [0.05, 0.1) is 13.1 Å². The first-order valence-electron chi connectivity index (χ1n) is 6.17. The van der Waals surface area contributed by atoms with Crippen LogP contribution in [0.2, 0.25) is 0 Å². The van der Waals surface area contributed by atoms with E-state index in [0.29, 0.717) is 13.1 Å². The van der Waals surface area contributed by atoms with E-state index in [0.717, 1.165) is 24.0 Å². The highest BCUT2D eigenvalue weighted by molar-refractivity contribution is 9.10. The molecule has 0 aliphatic rings. The largest absolute Gasteiger partial charge is 0.385 e. The van der Waals surface area contributed by atoms with Crippen molar-refractivity contribution in [1.29, 1.82) is 0 Å². The monoisotopic (exact) mass is 348 g/mol. The van der Waals surface area contributed by atoms with Crippen molar-refractivity contribution >= 4 is 33.2 Å². The van der Waals surface area contributed by atoms with Crippen LogP contribution in [0.5, 0.6) is 0 Å². The second-order valence-electron chi connectivity index (χ2n) is 4.57. The first-order valence-corrected chi connectivity index (χ1v) is 7.84. The van der Waals surface area contributed by atoms with Crippen LogP contribution in [0.4, 0.5) is 0 Å². The van der Waals surface area contributed by atoms with Gasteiger partial charge in [-0.15, -0.1) is 11.3 Å². The van der Waals surface area contributed by atoms with Gasteiger partial charge in [-0.3, -0.25) is 9.69 Å². The van der Waals surface area contributed by atoms with Crippen LogP contribution in [0, 0.1) is 0 Å². The molecule has 0 unspecified atom stereocenters. The van der Waals surface area contributed by atoms with E-state index < -0.39 is 0 Å². The number of rotatable bonds is 8. The van der Waals surface area contributed by atoms with Gasteiger partial charge in [0.25, 0.3) is 0 Å². The van der Waals surface area contributed by atoms with Crippen LogP contribution in [0.3, 0.4) is 0 Å². The number of methoxy groups -OCH3 is 1. The maximum atomic E-state index is 12.0. The molecule has 4 nitrogen and oxygen atoms in total. The molecule has 0 aliphatic heterocycles. The SMILES string of the molecule is COCCCN(C)CC(=O)N(C)Cc1cc(Br)cs1. The van der Waals surface area contributed by atoms with Crippen LogP contribution in [0.15, 0.2) is 15.9 Å². The molecule has 0 saturated heterocycles. The summed E-state index contributed by atoms with van der Waals surface area (Å²) in [5.74, 6) is 0.143. The summed E-state index contributed by atoms with van der Waals surface area (Å²) in [7, 11) is 5.50. The van der Waals surface area contributed by atoms with E-state index in [1.165, 1.54) is 4.88 Å². The standard InChI is InChI=1S/C13H21BrN2O2S/c1-15(5-4-6-18-3)9-13(17)16(2)8-12-7-11(14)10-19-12/h7,10H,4-6,8-9H2,1-3H3. The molecule has 0 N–H and O–H groups in total. The molecule has 0 spiro atoms. The minimum Gasteiger partial charge on any atom is -0.385 e. The summed E-state index contributed by atoms with van der Waals surface area (Å²) in [6, 6.07) is 2.05. The Bertz CT molecular complexity index is 398. The van der Waals surface area contributed by atoms with E-state index in [2.05, 4.69) is 22.0 Å². The third-order valence-corrected chi connectivity index (χ3v) is 4.42. The maximum absolute atomic E-state index is 12.0. The molecule has 108 valence electrons. The van der Waals surface area contributed by atoms with Crippen molar-refractivity contribution in [2.24, 2.45) is 0 Å². The van der Waals surface area contributed by atoms with Gasteiger partial charge in [0.1, 0.15) is 0 Å². The number of likely N-dealkylation sites (N-methyl/N-ethyl adjacent to an activating group) is 2. The quantitative estimate of drug-likeness (QED) is 0.676. The zero-order valence-electron chi connectivity index (χ0n) is 11.7. The van der Waals surface area contributed by atoms with Crippen molar-refractivity contribution in [1.82, 2.24) is 9.80 Å². The van der Waals surface area contributed by atoms with Crippen LogP contribution >= 0.6 is 27.3 Å². The van der Waals surface area contributed by atoms with Gasteiger partial charge in [-0.1, -0.05) is 0 Å². The number of amides is 1. The first-order chi connectivity index (χ1) is 9.02. The van der Waals surface area contributed by atoms with Crippen molar-refractivity contribution < 1.29 is 9.53 Å². The number of hydrogen-bond donors (Lipinski definition) is 0. The number of ether oxygens (including phenoxy) is 1. The molecule has 19 heavy (non-hydrogen) atoms. The molecule has 1 aromatic heterocycles. The Kier molecular flexibility index (Phi) is 7.60. The maximum Gasteiger partial charge on any atom is 0.236 e. The van der Waals surface area contributed by atoms with Gasteiger partial charge >= 0.3 is 0 Å². The molecular weight excluding hydrogens is 328 g/mol. The Morgan fingerprint density at radius 2 is 2.21 bits per heavy atom. The summed E-state index contributed by atoms with van der Waals surface area (Å²) in [5.41, 5.74) is 0. The van der Waals surface area contributed by atoms with E-state index in [9.17, 15) is 4.79 Å².